The molecule has 0 atom stereocenters. The van der Waals surface area contributed by atoms with E-state index in [1.807, 2.05) is 24.3 Å². The minimum absolute atomic E-state index is 0.156. The maximum absolute atomic E-state index is 12.0. The first kappa shape index (κ1) is 12.6. The van der Waals surface area contributed by atoms with Crippen molar-refractivity contribution in [2.75, 3.05) is 12.4 Å². The second-order valence-corrected chi connectivity index (χ2v) is 4.61. The largest absolute Gasteiger partial charge is 0.497 e. The minimum Gasteiger partial charge on any atom is -0.497 e. The molecule has 0 aliphatic heterocycles. The van der Waals surface area contributed by atoms with Gasteiger partial charge in [0, 0.05) is 15.7 Å². The van der Waals surface area contributed by atoms with E-state index < -0.39 is 0 Å². The summed E-state index contributed by atoms with van der Waals surface area (Å²) in [5.41, 5.74) is 1.32. The standard InChI is InChI=1S/C14H12BrNO2/c1-18-13-4-2-3-10(9-13)14(17)16-12-7-5-11(15)6-8-12/h2-9H,1H3,(H,16,17). The molecule has 0 aliphatic carbocycles. The Morgan fingerprint density at radius 1 is 1.17 bits per heavy atom. The molecule has 0 aromatic heterocycles. The number of amides is 1. The first-order valence-electron chi connectivity index (χ1n) is 5.40. The summed E-state index contributed by atoms with van der Waals surface area (Å²) in [6, 6.07) is 14.5. The van der Waals surface area contributed by atoms with E-state index in [2.05, 4.69) is 21.2 Å². The number of rotatable bonds is 3. The molecule has 3 nitrogen and oxygen atoms in total. The van der Waals surface area contributed by atoms with Crippen molar-refractivity contribution in [1.82, 2.24) is 0 Å². The Bertz CT molecular complexity index is 552. The quantitative estimate of drug-likeness (QED) is 0.939. The third kappa shape index (κ3) is 3.11. The van der Waals surface area contributed by atoms with E-state index in [9.17, 15) is 4.79 Å². The van der Waals surface area contributed by atoms with Crippen molar-refractivity contribution in [2.24, 2.45) is 0 Å². The summed E-state index contributed by atoms with van der Waals surface area (Å²) in [5, 5.41) is 2.82. The highest BCUT2D eigenvalue weighted by Gasteiger charge is 2.06. The Balaban J connectivity index is 2.14. The van der Waals surface area contributed by atoms with Crippen molar-refractivity contribution in [3.05, 3.63) is 58.6 Å². The topological polar surface area (TPSA) is 38.3 Å². The number of halogens is 1. The zero-order valence-electron chi connectivity index (χ0n) is 9.81. The molecule has 0 heterocycles. The maximum Gasteiger partial charge on any atom is 0.255 e. The van der Waals surface area contributed by atoms with E-state index in [4.69, 9.17) is 4.74 Å². The predicted molar refractivity (Wildman–Crippen MR) is 75.1 cm³/mol. The molecule has 1 amide bonds. The van der Waals surface area contributed by atoms with Crippen molar-refractivity contribution in [3.8, 4) is 5.75 Å². The number of ether oxygens (including phenoxy) is 1. The van der Waals surface area contributed by atoms with Gasteiger partial charge < -0.3 is 10.1 Å². The van der Waals surface area contributed by atoms with Crippen LogP contribution in [0.4, 0.5) is 5.69 Å². The number of methoxy groups -OCH3 is 1. The summed E-state index contributed by atoms with van der Waals surface area (Å²) >= 11 is 3.35. The summed E-state index contributed by atoms with van der Waals surface area (Å²) in [6.07, 6.45) is 0. The number of benzene rings is 2. The Morgan fingerprint density at radius 2 is 1.89 bits per heavy atom. The van der Waals surface area contributed by atoms with Crippen LogP contribution in [0, 0.1) is 0 Å². The van der Waals surface area contributed by atoms with Gasteiger partial charge >= 0.3 is 0 Å². The lowest BCUT2D eigenvalue weighted by atomic mass is 10.2. The molecule has 4 heteroatoms. The average molecular weight is 306 g/mol. The third-order valence-corrected chi connectivity index (χ3v) is 2.96. The SMILES string of the molecule is COc1cccc(C(=O)Nc2ccc(Br)cc2)c1. The fourth-order valence-corrected chi connectivity index (χ4v) is 1.77. The van der Waals surface area contributed by atoms with Gasteiger partial charge in [-0.3, -0.25) is 4.79 Å². The molecule has 2 aromatic carbocycles. The first-order chi connectivity index (χ1) is 8.69. The van der Waals surface area contributed by atoms with E-state index in [0.717, 1.165) is 10.2 Å². The molecule has 0 bridgehead atoms. The van der Waals surface area contributed by atoms with Gasteiger partial charge in [0.25, 0.3) is 5.91 Å². The number of hydrogen-bond acceptors (Lipinski definition) is 2. The Hall–Kier alpha value is -1.81. The molecule has 0 spiro atoms. The molecular formula is C14H12BrNO2. The number of carbonyl (C=O) groups is 1. The van der Waals surface area contributed by atoms with E-state index >= 15 is 0 Å². The van der Waals surface area contributed by atoms with Gasteiger partial charge in [-0.2, -0.15) is 0 Å². The van der Waals surface area contributed by atoms with Crippen molar-refractivity contribution in [2.45, 2.75) is 0 Å². The van der Waals surface area contributed by atoms with Gasteiger partial charge in [-0.1, -0.05) is 22.0 Å². The zero-order valence-corrected chi connectivity index (χ0v) is 11.4. The normalized spacial score (nSPS) is 9.89. The average Bonchev–Trinajstić information content (AvgIpc) is 2.41. The maximum atomic E-state index is 12.0. The molecular weight excluding hydrogens is 294 g/mol. The molecule has 0 saturated carbocycles. The third-order valence-electron chi connectivity index (χ3n) is 2.43. The number of nitrogens with one attached hydrogen (secondary N) is 1. The van der Waals surface area contributed by atoms with Gasteiger partial charge in [0.1, 0.15) is 5.75 Å². The zero-order chi connectivity index (χ0) is 13.0. The van der Waals surface area contributed by atoms with Gasteiger partial charge in [-0.25, -0.2) is 0 Å². The van der Waals surface area contributed by atoms with Gasteiger partial charge in [-0.05, 0) is 42.5 Å². The monoisotopic (exact) mass is 305 g/mol. The van der Waals surface area contributed by atoms with E-state index in [-0.39, 0.29) is 5.91 Å². The summed E-state index contributed by atoms with van der Waals surface area (Å²) in [5.74, 6) is 0.509. The van der Waals surface area contributed by atoms with Crippen molar-refractivity contribution < 1.29 is 9.53 Å². The number of hydrogen-bond donors (Lipinski definition) is 1. The molecule has 2 rings (SSSR count). The van der Waals surface area contributed by atoms with Gasteiger partial charge in [0.15, 0.2) is 0 Å². The van der Waals surface area contributed by atoms with E-state index in [1.54, 1.807) is 31.4 Å². The van der Waals surface area contributed by atoms with Crippen LogP contribution >= 0.6 is 15.9 Å². The van der Waals surface area contributed by atoms with Crippen LogP contribution in [0.15, 0.2) is 53.0 Å². The van der Waals surface area contributed by atoms with Crippen LogP contribution in [-0.2, 0) is 0 Å². The molecule has 0 saturated heterocycles. The Labute approximate surface area is 114 Å². The lowest BCUT2D eigenvalue weighted by Crippen LogP contribution is -2.11. The summed E-state index contributed by atoms with van der Waals surface area (Å²) < 4.78 is 6.06. The summed E-state index contributed by atoms with van der Waals surface area (Å²) in [4.78, 5) is 12.0. The van der Waals surface area contributed by atoms with Crippen molar-refractivity contribution in [3.63, 3.8) is 0 Å². The van der Waals surface area contributed by atoms with Crippen LogP contribution in [-0.4, -0.2) is 13.0 Å². The van der Waals surface area contributed by atoms with Gasteiger partial charge in [0.05, 0.1) is 7.11 Å². The van der Waals surface area contributed by atoms with Crippen molar-refractivity contribution >= 4 is 27.5 Å². The van der Waals surface area contributed by atoms with Gasteiger partial charge in [-0.15, -0.1) is 0 Å². The highest BCUT2D eigenvalue weighted by molar-refractivity contribution is 9.10. The first-order valence-corrected chi connectivity index (χ1v) is 6.19. The lowest BCUT2D eigenvalue weighted by Gasteiger charge is -2.06. The molecule has 18 heavy (non-hydrogen) atoms. The molecule has 1 N–H and O–H groups in total. The predicted octanol–water partition coefficient (Wildman–Crippen LogP) is 3.71. The minimum atomic E-state index is -0.156. The molecule has 0 unspecified atom stereocenters. The second kappa shape index (κ2) is 5.69. The summed E-state index contributed by atoms with van der Waals surface area (Å²) in [6.45, 7) is 0. The van der Waals surface area contributed by atoms with E-state index in [1.165, 1.54) is 0 Å². The van der Waals surface area contributed by atoms with Gasteiger partial charge in [0.2, 0.25) is 0 Å². The molecule has 2 aromatic rings. The molecule has 0 radical (unpaired) electrons. The highest BCUT2D eigenvalue weighted by Crippen LogP contribution is 2.17. The fourth-order valence-electron chi connectivity index (χ4n) is 1.50. The molecule has 0 aliphatic rings. The van der Waals surface area contributed by atoms with Crippen LogP contribution < -0.4 is 10.1 Å². The van der Waals surface area contributed by atoms with E-state index in [0.29, 0.717) is 11.3 Å². The smallest absolute Gasteiger partial charge is 0.255 e. The van der Waals surface area contributed by atoms with Crippen LogP contribution in [0.2, 0.25) is 0 Å². The van der Waals surface area contributed by atoms with Crippen LogP contribution in [0.3, 0.4) is 0 Å². The molecule has 0 fully saturated rings. The number of carbonyl (C=O) groups excluding carboxylic acids is 1. The highest BCUT2D eigenvalue weighted by atomic mass is 79.9. The molecule has 92 valence electrons. The number of anilines is 1. The Morgan fingerprint density at radius 3 is 2.56 bits per heavy atom. The fraction of sp³-hybridized carbons (Fsp3) is 0.0714. The summed E-state index contributed by atoms with van der Waals surface area (Å²) in [7, 11) is 1.58. The Kier molecular flexibility index (Phi) is 3.99. The van der Waals surface area contributed by atoms with Crippen LogP contribution in [0.25, 0.3) is 0 Å². The second-order valence-electron chi connectivity index (χ2n) is 3.69. The van der Waals surface area contributed by atoms with Crippen LogP contribution in [0.1, 0.15) is 10.4 Å². The van der Waals surface area contributed by atoms with Crippen molar-refractivity contribution in [1.29, 1.82) is 0 Å². The van der Waals surface area contributed by atoms with Crippen LogP contribution in [0.5, 0.6) is 5.75 Å². The lowest BCUT2D eigenvalue weighted by molar-refractivity contribution is 0.102.